The molecule has 7 heteroatoms. The molecule has 0 bridgehead atoms. The van der Waals surface area contributed by atoms with Crippen LogP contribution >= 0.6 is 0 Å². The summed E-state index contributed by atoms with van der Waals surface area (Å²) in [5.41, 5.74) is 1.18. The average molecular weight is 443 g/mol. The SMILES string of the molecule is O=C(COc1ccc2ccccc2c1)N=Nc1c(O)n(CN2CCCCC2)c2ccccc12. The molecule has 0 spiro atoms. The van der Waals surface area contributed by atoms with Crippen molar-refractivity contribution in [2.75, 3.05) is 19.7 Å². The van der Waals surface area contributed by atoms with E-state index >= 15 is 0 Å². The van der Waals surface area contributed by atoms with Crippen LogP contribution in [0.25, 0.3) is 21.7 Å². The zero-order valence-electron chi connectivity index (χ0n) is 18.4. The molecule has 4 aromatic rings. The van der Waals surface area contributed by atoms with Crippen molar-refractivity contribution in [1.82, 2.24) is 9.47 Å². The van der Waals surface area contributed by atoms with Gasteiger partial charge in [0.1, 0.15) is 5.75 Å². The number of hydrogen-bond acceptors (Lipinski definition) is 5. The molecule has 1 aromatic heterocycles. The number of azo groups is 1. The lowest BCUT2D eigenvalue weighted by atomic mass is 10.1. The second kappa shape index (κ2) is 9.42. The Labute approximate surface area is 191 Å². The van der Waals surface area contributed by atoms with Crippen LogP contribution in [0.4, 0.5) is 5.69 Å². The highest BCUT2D eigenvalue weighted by molar-refractivity contribution is 5.95. The topological polar surface area (TPSA) is 79.4 Å². The molecule has 7 nitrogen and oxygen atoms in total. The first kappa shape index (κ1) is 21.2. The molecule has 0 aliphatic carbocycles. The predicted octanol–water partition coefficient (Wildman–Crippen LogP) is 5.63. The molecule has 5 rings (SSSR count). The summed E-state index contributed by atoms with van der Waals surface area (Å²) in [5, 5.41) is 21.7. The molecule has 1 amide bonds. The van der Waals surface area contributed by atoms with Crippen LogP contribution in [0.2, 0.25) is 0 Å². The highest BCUT2D eigenvalue weighted by Crippen LogP contribution is 2.39. The number of ether oxygens (including phenoxy) is 1. The number of benzene rings is 3. The molecule has 3 aromatic carbocycles. The molecular formula is C26H26N4O3. The fraction of sp³-hybridized carbons (Fsp3) is 0.269. The van der Waals surface area contributed by atoms with Gasteiger partial charge < -0.3 is 9.84 Å². The van der Waals surface area contributed by atoms with E-state index in [0.717, 1.165) is 47.6 Å². The Morgan fingerprint density at radius 1 is 0.939 bits per heavy atom. The van der Waals surface area contributed by atoms with Gasteiger partial charge in [0, 0.05) is 5.39 Å². The number of fused-ring (bicyclic) bond motifs is 2. The number of para-hydroxylation sites is 1. The standard InChI is InChI=1S/C26H26N4O3/c31-24(17-33-21-13-12-19-8-2-3-9-20(19)16-21)27-28-25-22-10-4-5-11-23(22)30(26(25)32)18-29-14-6-1-7-15-29/h2-5,8-13,16,32H,1,6-7,14-15,17-18H2. The van der Waals surface area contributed by atoms with Crippen molar-refractivity contribution in [3.05, 3.63) is 66.7 Å². The summed E-state index contributed by atoms with van der Waals surface area (Å²) >= 11 is 0. The van der Waals surface area contributed by atoms with E-state index in [-0.39, 0.29) is 12.5 Å². The highest BCUT2D eigenvalue weighted by atomic mass is 16.5. The van der Waals surface area contributed by atoms with Gasteiger partial charge in [0.05, 0.1) is 12.2 Å². The van der Waals surface area contributed by atoms with Crippen LogP contribution in [0.1, 0.15) is 19.3 Å². The maximum atomic E-state index is 12.3. The van der Waals surface area contributed by atoms with Gasteiger partial charge >= 0.3 is 5.91 Å². The molecule has 0 saturated carbocycles. The number of hydrogen-bond donors (Lipinski definition) is 1. The number of aromatic nitrogens is 1. The van der Waals surface area contributed by atoms with Gasteiger partial charge in [-0.15, -0.1) is 10.2 Å². The second-order valence-corrected chi connectivity index (χ2v) is 8.33. The van der Waals surface area contributed by atoms with Crippen molar-refractivity contribution in [3.63, 3.8) is 0 Å². The molecule has 1 saturated heterocycles. The number of amides is 1. The number of piperidine rings is 1. The fourth-order valence-electron chi connectivity index (χ4n) is 4.35. The number of rotatable bonds is 6. The zero-order valence-corrected chi connectivity index (χ0v) is 18.4. The Kier molecular flexibility index (Phi) is 6.04. The summed E-state index contributed by atoms with van der Waals surface area (Å²) in [7, 11) is 0. The Morgan fingerprint density at radius 3 is 2.55 bits per heavy atom. The molecule has 1 N–H and O–H groups in total. The first-order valence-corrected chi connectivity index (χ1v) is 11.3. The van der Waals surface area contributed by atoms with Crippen molar-refractivity contribution in [1.29, 1.82) is 0 Å². The quantitative estimate of drug-likeness (QED) is 0.392. The van der Waals surface area contributed by atoms with E-state index in [1.54, 1.807) is 0 Å². The molecule has 1 aliphatic rings. The Morgan fingerprint density at radius 2 is 1.70 bits per heavy atom. The largest absolute Gasteiger partial charge is 0.493 e. The average Bonchev–Trinajstić information content (AvgIpc) is 3.12. The third kappa shape index (κ3) is 4.59. The van der Waals surface area contributed by atoms with E-state index in [4.69, 9.17) is 4.74 Å². The van der Waals surface area contributed by atoms with E-state index in [1.807, 2.05) is 71.3 Å². The third-order valence-corrected chi connectivity index (χ3v) is 6.05. The van der Waals surface area contributed by atoms with Crippen LogP contribution < -0.4 is 4.74 Å². The minimum absolute atomic E-state index is 0.0220. The Hall–Kier alpha value is -3.71. The molecular weight excluding hydrogens is 416 g/mol. The van der Waals surface area contributed by atoms with E-state index < -0.39 is 5.91 Å². The molecule has 1 fully saturated rings. The van der Waals surface area contributed by atoms with Gasteiger partial charge in [-0.25, -0.2) is 0 Å². The van der Waals surface area contributed by atoms with Gasteiger partial charge in [0.2, 0.25) is 5.88 Å². The van der Waals surface area contributed by atoms with Crippen molar-refractivity contribution >= 4 is 33.3 Å². The molecule has 2 heterocycles. The summed E-state index contributed by atoms with van der Waals surface area (Å²) in [6.07, 6.45) is 3.58. The first-order valence-electron chi connectivity index (χ1n) is 11.3. The summed E-state index contributed by atoms with van der Waals surface area (Å²) in [6.45, 7) is 2.37. The molecule has 0 unspecified atom stereocenters. The van der Waals surface area contributed by atoms with Gasteiger partial charge in [0.15, 0.2) is 12.3 Å². The summed E-state index contributed by atoms with van der Waals surface area (Å²) in [4.78, 5) is 14.7. The van der Waals surface area contributed by atoms with Crippen molar-refractivity contribution in [2.24, 2.45) is 10.2 Å². The fourth-order valence-corrected chi connectivity index (χ4v) is 4.35. The first-order chi connectivity index (χ1) is 16.2. The molecule has 1 aliphatic heterocycles. The summed E-state index contributed by atoms with van der Waals surface area (Å²) in [5.74, 6) is 0.0995. The minimum atomic E-state index is -0.518. The number of nitrogens with zero attached hydrogens (tertiary/aromatic N) is 4. The maximum absolute atomic E-state index is 12.3. The number of carbonyl (C=O) groups excluding carboxylic acids is 1. The molecule has 0 atom stereocenters. The minimum Gasteiger partial charge on any atom is -0.493 e. The predicted molar refractivity (Wildman–Crippen MR) is 128 cm³/mol. The van der Waals surface area contributed by atoms with Crippen LogP contribution in [0.15, 0.2) is 77.0 Å². The smallest absolute Gasteiger partial charge is 0.302 e. The van der Waals surface area contributed by atoms with E-state index in [0.29, 0.717) is 18.1 Å². The van der Waals surface area contributed by atoms with Crippen LogP contribution in [0.3, 0.4) is 0 Å². The van der Waals surface area contributed by atoms with Crippen LogP contribution in [0, 0.1) is 0 Å². The van der Waals surface area contributed by atoms with Crippen molar-refractivity contribution in [2.45, 2.75) is 25.9 Å². The van der Waals surface area contributed by atoms with E-state index in [1.165, 1.54) is 6.42 Å². The summed E-state index contributed by atoms with van der Waals surface area (Å²) < 4.78 is 7.45. The van der Waals surface area contributed by atoms with E-state index in [2.05, 4.69) is 15.1 Å². The number of aromatic hydroxyl groups is 1. The van der Waals surface area contributed by atoms with Crippen LogP contribution in [-0.4, -0.2) is 40.2 Å². The normalized spacial score (nSPS) is 14.9. The number of carbonyl (C=O) groups is 1. The van der Waals surface area contributed by atoms with Crippen LogP contribution in [0.5, 0.6) is 11.6 Å². The van der Waals surface area contributed by atoms with Gasteiger partial charge in [-0.3, -0.25) is 14.3 Å². The second-order valence-electron chi connectivity index (χ2n) is 8.33. The molecule has 33 heavy (non-hydrogen) atoms. The van der Waals surface area contributed by atoms with Crippen molar-refractivity contribution < 1.29 is 14.6 Å². The monoisotopic (exact) mass is 442 g/mol. The highest BCUT2D eigenvalue weighted by Gasteiger charge is 2.19. The molecule has 168 valence electrons. The van der Waals surface area contributed by atoms with Gasteiger partial charge in [-0.05, 0) is 54.9 Å². The van der Waals surface area contributed by atoms with Crippen molar-refractivity contribution in [3.8, 4) is 11.6 Å². The van der Waals surface area contributed by atoms with Crippen LogP contribution in [-0.2, 0) is 11.5 Å². The lowest BCUT2D eigenvalue weighted by Crippen LogP contribution is -2.31. The lowest BCUT2D eigenvalue weighted by molar-refractivity contribution is -0.120. The summed E-state index contributed by atoms with van der Waals surface area (Å²) in [6, 6.07) is 21.3. The van der Waals surface area contributed by atoms with Gasteiger partial charge in [-0.1, -0.05) is 55.0 Å². The number of likely N-dealkylation sites (tertiary alicyclic amines) is 1. The van der Waals surface area contributed by atoms with Gasteiger partial charge in [-0.2, -0.15) is 0 Å². The lowest BCUT2D eigenvalue weighted by Gasteiger charge is -2.27. The Balaban J connectivity index is 1.31. The Bertz CT molecular complexity index is 1320. The molecule has 0 radical (unpaired) electrons. The van der Waals surface area contributed by atoms with Gasteiger partial charge in [0.25, 0.3) is 0 Å². The zero-order chi connectivity index (χ0) is 22.6. The maximum Gasteiger partial charge on any atom is 0.302 e. The third-order valence-electron chi connectivity index (χ3n) is 6.05. The van der Waals surface area contributed by atoms with E-state index in [9.17, 15) is 9.90 Å².